The lowest BCUT2D eigenvalue weighted by Gasteiger charge is -2.36. The van der Waals surface area contributed by atoms with Crippen LogP contribution in [0.15, 0.2) is 88.8 Å². The molecule has 0 saturated heterocycles. The summed E-state index contributed by atoms with van der Waals surface area (Å²) in [4.78, 5) is 31.4. The summed E-state index contributed by atoms with van der Waals surface area (Å²) in [7, 11) is -4.01. The minimum atomic E-state index is -4.01. The highest BCUT2D eigenvalue weighted by atomic mass is 35.5. The van der Waals surface area contributed by atoms with E-state index in [0.29, 0.717) is 12.0 Å². The lowest BCUT2D eigenvalue weighted by molar-refractivity contribution is 0.0934. The molecule has 1 aliphatic rings. The lowest BCUT2D eigenvalue weighted by atomic mass is 9.94. The molecule has 3 aromatic carbocycles. The topological polar surface area (TPSA) is 83.9 Å². The Labute approximate surface area is 210 Å². The lowest BCUT2D eigenvalue weighted by Crippen LogP contribution is -2.54. The first-order valence-electron chi connectivity index (χ1n) is 11.4. The molecule has 0 spiro atoms. The Morgan fingerprint density at radius 3 is 2.29 bits per heavy atom. The zero-order chi connectivity index (χ0) is 25.0. The van der Waals surface area contributed by atoms with Crippen LogP contribution in [0.2, 0.25) is 5.02 Å². The quantitative estimate of drug-likeness (QED) is 0.315. The molecule has 1 amide bonds. The van der Waals surface area contributed by atoms with E-state index in [0.717, 1.165) is 12.8 Å². The van der Waals surface area contributed by atoms with Gasteiger partial charge in [0.15, 0.2) is 5.78 Å². The molecule has 6 nitrogen and oxygen atoms in total. The SMILES string of the molecule is CCCCCN1C(C(=O)c2ccccc2)C(=NC(=O)c2ccccc2Cl)c2ccccc2S1(=O)=O. The molecule has 0 saturated carbocycles. The molecule has 1 unspecified atom stereocenters. The van der Waals surface area contributed by atoms with Crippen LogP contribution in [-0.4, -0.2) is 42.7 Å². The maximum Gasteiger partial charge on any atom is 0.278 e. The van der Waals surface area contributed by atoms with E-state index in [2.05, 4.69) is 4.99 Å². The third kappa shape index (κ3) is 4.98. The summed E-state index contributed by atoms with van der Waals surface area (Å²) in [5.41, 5.74) is 0.862. The molecule has 0 bridgehead atoms. The number of nitrogens with zero attached hydrogens (tertiary/aromatic N) is 2. The number of Topliss-reactive ketones (excluding diaryl/α,β-unsaturated/α-hetero) is 1. The molecular formula is C27H25ClN2O4S. The Morgan fingerprint density at radius 1 is 0.914 bits per heavy atom. The van der Waals surface area contributed by atoms with Gasteiger partial charge in [0.25, 0.3) is 5.91 Å². The first kappa shape index (κ1) is 25.0. The molecule has 0 aliphatic carbocycles. The molecule has 180 valence electrons. The van der Waals surface area contributed by atoms with Crippen molar-refractivity contribution in [1.82, 2.24) is 4.31 Å². The monoisotopic (exact) mass is 508 g/mol. The predicted molar refractivity (Wildman–Crippen MR) is 137 cm³/mol. The summed E-state index contributed by atoms with van der Waals surface area (Å²) in [6.07, 6.45) is 2.25. The van der Waals surface area contributed by atoms with Crippen molar-refractivity contribution in [3.63, 3.8) is 0 Å². The van der Waals surface area contributed by atoms with E-state index in [4.69, 9.17) is 11.6 Å². The molecule has 0 N–H and O–H groups in total. The molecular weight excluding hydrogens is 484 g/mol. The molecule has 0 aromatic heterocycles. The Kier molecular flexibility index (Phi) is 7.60. The molecule has 8 heteroatoms. The van der Waals surface area contributed by atoms with Crippen LogP contribution >= 0.6 is 11.6 Å². The second-order valence-corrected chi connectivity index (χ2v) is 10.5. The normalized spacial score (nSPS) is 18.2. The number of carbonyl (C=O) groups excluding carboxylic acids is 2. The van der Waals surface area contributed by atoms with Crippen molar-refractivity contribution < 1.29 is 18.0 Å². The number of halogens is 1. The molecule has 1 atom stereocenters. The van der Waals surface area contributed by atoms with Crippen LogP contribution in [-0.2, 0) is 10.0 Å². The number of aliphatic imine (C=N–C) groups is 1. The molecule has 1 heterocycles. The number of hydrogen-bond acceptors (Lipinski definition) is 4. The standard InChI is InChI=1S/C27H25ClN2O4S/c1-2-3-11-18-30-25(26(31)19-12-5-4-6-13-19)24(21-15-8-10-17-23(21)35(30,33)34)29-27(32)20-14-7-9-16-22(20)28/h4-10,12-17,25H,2-3,11,18H2,1H3. The van der Waals surface area contributed by atoms with Crippen molar-refractivity contribution in [2.45, 2.75) is 37.1 Å². The summed E-state index contributed by atoms with van der Waals surface area (Å²) in [6.45, 7) is 2.15. The van der Waals surface area contributed by atoms with Crippen molar-refractivity contribution in [1.29, 1.82) is 0 Å². The van der Waals surface area contributed by atoms with Gasteiger partial charge in [-0.15, -0.1) is 0 Å². The van der Waals surface area contributed by atoms with Crippen molar-refractivity contribution in [3.05, 3.63) is 101 Å². The van der Waals surface area contributed by atoms with Gasteiger partial charge in [-0.3, -0.25) is 9.59 Å². The summed E-state index contributed by atoms with van der Waals surface area (Å²) >= 11 is 6.23. The van der Waals surface area contributed by atoms with E-state index < -0.39 is 27.8 Å². The van der Waals surface area contributed by atoms with Crippen molar-refractivity contribution >= 4 is 39.0 Å². The summed E-state index contributed by atoms with van der Waals surface area (Å²) in [5.74, 6) is -1.08. The highest BCUT2D eigenvalue weighted by molar-refractivity contribution is 7.89. The van der Waals surface area contributed by atoms with E-state index in [-0.39, 0.29) is 33.3 Å². The van der Waals surface area contributed by atoms with Crippen molar-refractivity contribution in [2.24, 2.45) is 4.99 Å². The maximum absolute atomic E-state index is 13.8. The van der Waals surface area contributed by atoms with Crippen LogP contribution in [0.1, 0.15) is 52.5 Å². The van der Waals surface area contributed by atoms with Gasteiger partial charge in [0.2, 0.25) is 10.0 Å². The smallest absolute Gasteiger partial charge is 0.278 e. The third-order valence-corrected chi connectivity index (χ3v) is 8.16. The molecule has 4 rings (SSSR count). The van der Waals surface area contributed by atoms with Gasteiger partial charge in [-0.25, -0.2) is 13.4 Å². The van der Waals surface area contributed by atoms with Gasteiger partial charge in [-0.05, 0) is 24.6 Å². The zero-order valence-electron chi connectivity index (χ0n) is 19.2. The fourth-order valence-electron chi connectivity index (χ4n) is 4.16. The minimum Gasteiger partial charge on any atom is -0.292 e. The number of unbranched alkanes of at least 4 members (excludes halogenated alkanes) is 2. The van der Waals surface area contributed by atoms with Gasteiger partial charge < -0.3 is 0 Å². The van der Waals surface area contributed by atoms with Crippen LogP contribution in [0.4, 0.5) is 0 Å². The Balaban J connectivity index is 1.94. The van der Waals surface area contributed by atoms with Crippen LogP contribution < -0.4 is 0 Å². The van der Waals surface area contributed by atoms with E-state index >= 15 is 0 Å². The first-order valence-corrected chi connectivity index (χ1v) is 13.3. The largest absolute Gasteiger partial charge is 0.292 e. The number of fused-ring (bicyclic) bond motifs is 1. The number of hydrogen-bond donors (Lipinski definition) is 0. The predicted octanol–water partition coefficient (Wildman–Crippen LogP) is 5.42. The fourth-order valence-corrected chi connectivity index (χ4v) is 6.17. The van der Waals surface area contributed by atoms with Crippen LogP contribution in [0.25, 0.3) is 0 Å². The van der Waals surface area contributed by atoms with Crippen LogP contribution in [0.3, 0.4) is 0 Å². The van der Waals surface area contributed by atoms with E-state index in [9.17, 15) is 18.0 Å². The second kappa shape index (κ2) is 10.6. The van der Waals surface area contributed by atoms with Crippen molar-refractivity contribution in [3.8, 4) is 0 Å². The number of carbonyl (C=O) groups is 2. The first-order chi connectivity index (χ1) is 16.9. The molecule has 0 radical (unpaired) electrons. The summed E-state index contributed by atoms with van der Waals surface area (Å²) in [6, 6.07) is 20.0. The van der Waals surface area contributed by atoms with Gasteiger partial charge in [0.1, 0.15) is 6.04 Å². The van der Waals surface area contributed by atoms with Gasteiger partial charge in [-0.2, -0.15) is 4.31 Å². The zero-order valence-corrected chi connectivity index (χ0v) is 20.8. The van der Waals surface area contributed by atoms with Gasteiger partial charge >= 0.3 is 0 Å². The molecule has 35 heavy (non-hydrogen) atoms. The number of rotatable bonds is 7. The average Bonchev–Trinajstić information content (AvgIpc) is 2.87. The minimum absolute atomic E-state index is 0.0271. The van der Waals surface area contributed by atoms with Gasteiger partial charge in [0.05, 0.1) is 21.2 Å². The third-order valence-electron chi connectivity index (χ3n) is 5.91. The Bertz CT molecular complexity index is 1390. The fraction of sp³-hybridized carbons (Fsp3) is 0.222. The molecule has 1 aliphatic heterocycles. The van der Waals surface area contributed by atoms with Crippen LogP contribution in [0, 0.1) is 0 Å². The number of sulfonamides is 1. The van der Waals surface area contributed by atoms with E-state index in [1.165, 1.54) is 10.4 Å². The van der Waals surface area contributed by atoms with E-state index in [1.807, 2.05) is 6.92 Å². The number of amides is 1. The molecule has 0 fully saturated rings. The average molecular weight is 509 g/mol. The summed E-state index contributed by atoms with van der Waals surface area (Å²) in [5, 5.41) is 0.226. The summed E-state index contributed by atoms with van der Waals surface area (Å²) < 4.78 is 28.6. The number of ketones is 1. The highest BCUT2D eigenvalue weighted by Gasteiger charge is 2.46. The highest BCUT2D eigenvalue weighted by Crippen LogP contribution is 2.33. The van der Waals surface area contributed by atoms with Crippen LogP contribution in [0.5, 0.6) is 0 Å². The maximum atomic E-state index is 13.8. The van der Waals surface area contributed by atoms with Crippen molar-refractivity contribution in [2.75, 3.05) is 6.54 Å². The van der Waals surface area contributed by atoms with Gasteiger partial charge in [0, 0.05) is 17.7 Å². The number of benzene rings is 3. The Morgan fingerprint density at radius 2 is 1.57 bits per heavy atom. The molecule has 3 aromatic rings. The van der Waals surface area contributed by atoms with Gasteiger partial charge in [-0.1, -0.05) is 92.0 Å². The second-order valence-electron chi connectivity index (χ2n) is 8.23. The Hall–Kier alpha value is -3.13. The van der Waals surface area contributed by atoms with E-state index in [1.54, 1.807) is 72.8 Å².